The SMILES string of the molecule is CCCN(Cc1ccc(C(=O)Nc2cccc(-c3cccc(CC(=O)c4cc(C)c5c(n4)CNCC5)c3Cl)c2C)nc1)C(=O)OC(C)(C)C. The molecule has 3 heterocycles. The lowest BCUT2D eigenvalue weighted by atomic mass is 9.95. The maximum Gasteiger partial charge on any atom is 0.410 e. The molecule has 2 amide bonds. The van der Waals surface area contributed by atoms with Gasteiger partial charge in [0.2, 0.25) is 0 Å². The minimum absolute atomic E-state index is 0.0883. The van der Waals surface area contributed by atoms with Crippen LogP contribution in [0.5, 0.6) is 0 Å². The van der Waals surface area contributed by atoms with E-state index in [0.717, 1.165) is 52.9 Å². The molecule has 2 N–H and O–H groups in total. The fraction of sp³-hybridized carbons (Fsp3) is 0.359. The van der Waals surface area contributed by atoms with Crippen molar-refractivity contribution in [3.8, 4) is 11.1 Å². The van der Waals surface area contributed by atoms with Crippen LogP contribution in [0.3, 0.4) is 0 Å². The Balaban J connectivity index is 1.29. The number of aromatic nitrogens is 2. The monoisotopic (exact) mass is 681 g/mol. The van der Waals surface area contributed by atoms with Crippen molar-refractivity contribution >= 4 is 35.1 Å². The van der Waals surface area contributed by atoms with Crippen LogP contribution in [0.1, 0.15) is 88.6 Å². The van der Waals surface area contributed by atoms with Gasteiger partial charge in [0.1, 0.15) is 17.0 Å². The Morgan fingerprint density at radius 1 is 1.02 bits per heavy atom. The van der Waals surface area contributed by atoms with Crippen molar-refractivity contribution in [3.05, 3.63) is 111 Å². The third-order valence-electron chi connectivity index (χ3n) is 8.44. The number of fused-ring (bicyclic) bond motifs is 1. The number of carbonyl (C=O) groups is 3. The number of Topliss-reactive ketones (excluding diaryl/α,β-unsaturated/α-hetero) is 1. The summed E-state index contributed by atoms with van der Waals surface area (Å²) < 4.78 is 5.55. The molecule has 0 radical (unpaired) electrons. The standard InChI is InChI=1S/C39H44ClN5O4/c1-7-18-45(38(48)49-39(4,5)6)23-26-14-15-32(42-21-26)37(47)44-31-13-9-11-29(25(31)3)30-12-8-10-27(36(30)40)20-35(46)33-19-24(2)28-16-17-41-22-34(28)43-33/h8-15,19,21,41H,7,16-18,20,22-23H2,1-6H3,(H,44,47). The average Bonchev–Trinajstić information content (AvgIpc) is 3.06. The minimum atomic E-state index is -0.594. The first-order valence-electron chi connectivity index (χ1n) is 16.7. The summed E-state index contributed by atoms with van der Waals surface area (Å²) in [4.78, 5) is 50.1. The van der Waals surface area contributed by atoms with Gasteiger partial charge in [-0.2, -0.15) is 0 Å². The normalized spacial score (nSPS) is 12.6. The Labute approximate surface area is 293 Å². The van der Waals surface area contributed by atoms with Crippen molar-refractivity contribution in [2.24, 2.45) is 0 Å². The predicted octanol–water partition coefficient (Wildman–Crippen LogP) is 7.88. The molecule has 0 unspecified atom stereocenters. The number of nitrogens with zero attached hydrogens (tertiary/aromatic N) is 3. The molecular weight excluding hydrogens is 638 g/mol. The van der Waals surface area contributed by atoms with Crippen LogP contribution in [0.15, 0.2) is 60.8 Å². The Kier molecular flexibility index (Phi) is 11.2. The zero-order chi connectivity index (χ0) is 35.3. The lowest BCUT2D eigenvalue weighted by Crippen LogP contribution is -2.36. The van der Waals surface area contributed by atoms with Crippen LogP contribution in [0, 0.1) is 13.8 Å². The Morgan fingerprint density at radius 3 is 2.49 bits per heavy atom. The van der Waals surface area contributed by atoms with E-state index >= 15 is 0 Å². The summed E-state index contributed by atoms with van der Waals surface area (Å²) in [5, 5.41) is 6.80. The third kappa shape index (κ3) is 8.71. The lowest BCUT2D eigenvalue weighted by molar-refractivity contribution is 0.0233. The predicted molar refractivity (Wildman–Crippen MR) is 193 cm³/mol. The van der Waals surface area contributed by atoms with Gasteiger partial charge in [-0.15, -0.1) is 0 Å². The van der Waals surface area contributed by atoms with Crippen molar-refractivity contribution in [2.45, 2.75) is 79.5 Å². The summed E-state index contributed by atoms with van der Waals surface area (Å²) >= 11 is 6.96. The van der Waals surface area contributed by atoms with Gasteiger partial charge in [-0.25, -0.2) is 9.78 Å². The van der Waals surface area contributed by atoms with Crippen LogP contribution in [0.25, 0.3) is 11.1 Å². The van der Waals surface area contributed by atoms with Crippen LogP contribution >= 0.6 is 11.6 Å². The molecule has 256 valence electrons. The highest BCUT2D eigenvalue weighted by molar-refractivity contribution is 6.34. The molecule has 1 aliphatic rings. The molecule has 2 aromatic heterocycles. The minimum Gasteiger partial charge on any atom is -0.444 e. The summed E-state index contributed by atoms with van der Waals surface area (Å²) in [6.07, 6.45) is 3.03. The Morgan fingerprint density at radius 2 is 1.78 bits per heavy atom. The highest BCUT2D eigenvalue weighted by atomic mass is 35.5. The molecule has 0 saturated heterocycles. The second-order valence-corrected chi connectivity index (χ2v) is 13.8. The molecular formula is C39H44ClN5O4. The van der Waals surface area contributed by atoms with Gasteiger partial charge in [0, 0.05) is 37.0 Å². The zero-order valence-electron chi connectivity index (χ0n) is 29.1. The Bertz CT molecular complexity index is 1870. The first-order valence-corrected chi connectivity index (χ1v) is 17.1. The summed E-state index contributed by atoms with van der Waals surface area (Å²) in [7, 11) is 0. The molecule has 0 bridgehead atoms. The number of carbonyl (C=O) groups excluding carboxylic acids is 3. The number of anilines is 1. The number of benzene rings is 2. The van der Waals surface area contributed by atoms with E-state index in [1.807, 2.05) is 84.0 Å². The maximum atomic E-state index is 13.4. The van der Waals surface area contributed by atoms with Gasteiger partial charge in [0.15, 0.2) is 5.78 Å². The fourth-order valence-electron chi connectivity index (χ4n) is 5.96. The largest absolute Gasteiger partial charge is 0.444 e. The summed E-state index contributed by atoms with van der Waals surface area (Å²) in [5.41, 5.74) is 7.90. The smallest absolute Gasteiger partial charge is 0.410 e. The van der Waals surface area contributed by atoms with Crippen LogP contribution < -0.4 is 10.6 Å². The van der Waals surface area contributed by atoms with Crippen LogP contribution in [0.2, 0.25) is 5.02 Å². The average molecular weight is 682 g/mol. The number of rotatable bonds is 10. The summed E-state index contributed by atoms with van der Waals surface area (Å²) in [6.45, 7) is 13.9. The molecule has 2 aromatic carbocycles. The molecule has 0 atom stereocenters. The van der Waals surface area contributed by atoms with Crippen LogP contribution in [-0.4, -0.2) is 51.3 Å². The fourth-order valence-corrected chi connectivity index (χ4v) is 6.25. The molecule has 10 heteroatoms. The summed E-state index contributed by atoms with van der Waals surface area (Å²) in [6, 6.07) is 16.6. The Hall–Kier alpha value is -4.60. The molecule has 0 aliphatic carbocycles. The molecule has 4 aromatic rings. The van der Waals surface area contributed by atoms with Gasteiger partial charge in [0.25, 0.3) is 5.91 Å². The van der Waals surface area contributed by atoms with E-state index in [1.54, 1.807) is 23.2 Å². The molecule has 9 nitrogen and oxygen atoms in total. The van der Waals surface area contributed by atoms with Crippen LogP contribution in [-0.2, 0) is 30.7 Å². The number of ketones is 1. The number of hydrogen-bond donors (Lipinski definition) is 2. The van der Waals surface area contributed by atoms with Crippen LogP contribution in [0.4, 0.5) is 10.5 Å². The number of aryl methyl sites for hydroxylation is 1. The second-order valence-electron chi connectivity index (χ2n) is 13.4. The topological polar surface area (TPSA) is 114 Å². The van der Waals surface area contributed by atoms with E-state index in [0.29, 0.717) is 41.6 Å². The van der Waals surface area contributed by atoms with E-state index in [4.69, 9.17) is 16.3 Å². The molecule has 0 spiro atoms. The number of ether oxygens (including phenoxy) is 1. The molecule has 0 fully saturated rings. The number of amides is 2. The van der Waals surface area contributed by atoms with E-state index < -0.39 is 5.60 Å². The van der Waals surface area contributed by atoms with Crippen molar-refractivity contribution in [1.82, 2.24) is 20.2 Å². The van der Waals surface area contributed by atoms with E-state index in [1.165, 1.54) is 5.56 Å². The van der Waals surface area contributed by atoms with E-state index in [-0.39, 0.29) is 29.9 Å². The van der Waals surface area contributed by atoms with E-state index in [9.17, 15) is 14.4 Å². The molecule has 49 heavy (non-hydrogen) atoms. The zero-order valence-corrected chi connectivity index (χ0v) is 29.8. The first-order chi connectivity index (χ1) is 23.3. The lowest BCUT2D eigenvalue weighted by Gasteiger charge is -2.27. The van der Waals surface area contributed by atoms with E-state index in [2.05, 4.69) is 20.6 Å². The molecule has 0 saturated carbocycles. The van der Waals surface area contributed by atoms with Gasteiger partial charge in [-0.1, -0.05) is 54.9 Å². The summed E-state index contributed by atoms with van der Waals surface area (Å²) in [5.74, 6) is -0.451. The third-order valence-corrected chi connectivity index (χ3v) is 8.89. The number of pyridine rings is 2. The van der Waals surface area contributed by atoms with Crippen molar-refractivity contribution in [2.75, 3.05) is 18.4 Å². The van der Waals surface area contributed by atoms with Gasteiger partial charge >= 0.3 is 6.09 Å². The van der Waals surface area contributed by atoms with Gasteiger partial charge in [-0.3, -0.25) is 14.6 Å². The highest BCUT2D eigenvalue weighted by Gasteiger charge is 2.23. The quantitative estimate of drug-likeness (QED) is 0.164. The number of halogens is 1. The molecule has 5 rings (SSSR count). The number of hydrogen-bond acceptors (Lipinski definition) is 7. The van der Waals surface area contributed by atoms with Crippen molar-refractivity contribution in [1.29, 1.82) is 0 Å². The number of nitrogens with one attached hydrogen (secondary N) is 2. The molecule has 1 aliphatic heterocycles. The highest BCUT2D eigenvalue weighted by Crippen LogP contribution is 2.36. The van der Waals surface area contributed by atoms with Crippen molar-refractivity contribution in [3.63, 3.8) is 0 Å². The van der Waals surface area contributed by atoms with Gasteiger partial charge in [-0.05, 0) is 106 Å². The van der Waals surface area contributed by atoms with Crippen molar-refractivity contribution < 1.29 is 19.1 Å². The van der Waals surface area contributed by atoms with Gasteiger partial charge in [0.05, 0.1) is 17.3 Å². The van der Waals surface area contributed by atoms with Gasteiger partial charge < -0.3 is 20.3 Å². The second kappa shape index (κ2) is 15.3. The maximum absolute atomic E-state index is 13.4. The first kappa shape index (κ1) is 35.7.